The topological polar surface area (TPSA) is 40.5 Å². The van der Waals surface area contributed by atoms with Crippen LogP contribution in [-0.4, -0.2) is 22.4 Å². The summed E-state index contributed by atoms with van der Waals surface area (Å²) in [6.45, 7) is 3.85. The summed E-state index contributed by atoms with van der Waals surface area (Å²) >= 11 is 0. The van der Waals surface area contributed by atoms with Gasteiger partial charge < -0.3 is 10.2 Å². The standard InChI is InChI=1S/C8H16O2/c1-3-8(10,4-2)6-5-7-9/h5-6,9-10H,3-4,7H2,1-2H3/b6-5-. The number of rotatable bonds is 4. The van der Waals surface area contributed by atoms with Crippen molar-refractivity contribution in [1.82, 2.24) is 0 Å². The predicted octanol–water partition coefficient (Wildman–Crippen LogP) is 1.09. The van der Waals surface area contributed by atoms with E-state index in [2.05, 4.69) is 0 Å². The van der Waals surface area contributed by atoms with Gasteiger partial charge in [0.2, 0.25) is 0 Å². The Hall–Kier alpha value is -0.340. The zero-order chi connectivity index (χ0) is 8.04. The van der Waals surface area contributed by atoms with Crippen LogP contribution in [0.1, 0.15) is 26.7 Å². The Morgan fingerprint density at radius 2 is 1.80 bits per heavy atom. The summed E-state index contributed by atoms with van der Waals surface area (Å²) in [4.78, 5) is 0. The number of hydrogen-bond acceptors (Lipinski definition) is 2. The minimum Gasteiger partial charge on any atom is -0.392 e. The van der Waals surface area contributed by atoms with Crippen molar-refractivity contribution in [2.45, 2.75) is 32.3 Å². The maximum Gasteiger partial charge on any atom is 0.0823 e. The van der Waals surface area contributed by atoms with Crippen molar-refractivity contribution in [2.24, 2.45) is 0 Å². The van der Waals surface area contributed by atoms with E-state index in [1.54, 1.807) is 12.2 Å². The van der Waals surface area contributed by atoms with E-state index in [0.29, 0.717) is 12.8 Å². The molecule has 0 bridgehead atoms. The van der Waals surface area contributed by atoms with E-state index in [9.17, 15) is 5.11 Å². The van der Waals surface area contributed by atoms with E-state index in [0.717, 1.165) is 0 Å². The van der Waals surface area contributed by atoms with Crippen LogP contribution in [0.5, 0.6) is 0 Å². The average Bonchev–Trinajstić information content (AvgIpc) is 2.00. The molecule has 0 aromatic heterocycles. The normalized spacial score (nSPS) is 12.8. The Balaban J connectivity index is 3.92. The molecule has 0 saturated carbocycles. The maximum absolute atomic E-state index is 9.56. The minimum atomic E-state index is -0.706. The van der Waals surface area contributed by atoms with Crippen molar-refractivity contribution in [3.63, 3.8) is 0 Å². The van der Waals surface area contributed by atoms with Crippen LogP contribution >= 0.6 is 0 Å². The summed E-state index contributed by atoms with van der Waals surface area (Å²) in [7, 11) is 0. The Bertz CT molecular complexity index is 104. The SMILES string of the molecule is CCC(O)(/C=C\CO)CC. The first-order chi connectivity index (χ1) is 4.68. The molecule has 2 heteroatoms. The fourth-order valence-electron chi connectivity index (χ4n) is 0.758. The smallest absolute Gasteiger partial charge is 0.0823 e. The molecule has 0 atom stereocenters. The monoisotopic (exact) mass is 144 g/mol. The zero-order valence-corrected chi connectivity index (χ0v) is 6.67. The van der Waals surface area contributed by atoms with Crippen LogP contribution in [-0.2, 0) is 0 Å². The van der Waals surface area contributed by atoms with Crippen molar-refractivity contribution in [2.75, 3.05) is 6.61 Å². The molecule has 60 valence electrons. The summed E-state index contributed by atoms with van der Waals surface area (Å²) < 4.78 is 0. The van der Waals surface area contributed by atoms with Crippen LogP contribution < -0.4 is 0 Å². The molecule has 0 aliphatic heterocycles. The first-order valence-electron chi connectivity index (χ1n) is 3.69. The molecule has 10 heavy (non-hydrogen) atoms. The van der Waals surface area contributed by atoms with Crippen molar-refractivity contribution in [1.29, 1.82) is 0 Å². The minimum absolute atomic E-state index is 0.00229. The summed E-state index contributed by atoms with van der Waals surface area (Å²) in [6, 6.07) is 0. The molecule has 0 rings (SSSR count). The average molecular weight is 144 g/mol. The van der Waals surface area contributed by atoms with Crippen LogP contribution in [0.2, 0.25) is 0 Å². The van der Waals surface area contributed by atoms with E-state index in [1.165, 1.54) is 0 Å². The summed E-state index contributed by atoms with van der Waals surface area (Å²) in [5, 5.41) is 18.0. The molecule has 0 aliphatic carbocycles. The Kier molecular flexibility index (Phi) is 4.32. The van der Waals surface area contributed by atoms with Gasteiger partial charge in [0, 0.05) is 0 Å². The van der Waals surface area contributed by atoms with E-state index in [1.807, 2.05) is 13.8 Å². The molecule has 2 N–H and O–H groups in total. The van der Waals surface area contributed by atoms with Crippen molar-refractivity contribution in [3.05, 3.63) is 12.2 Å². The molecule has 2 nitrogen and oxygen atoms in total. The van der Waals surface area contributed by atoms with E-state index < -0.39 is 5.60 Å². The highest BCUT2D eigenvalue weighted by molar-refractivity contribution is 4.99. The highest BCUT2D eigenvalue weighted by Crippen LogP contribution is 2.15. The first kappa shape index (κ1) is 9.66. The van der Waals surface area contributed by atoms with E-state index in [4.69, 9.17) is 5.11 Å². The van der Waals surface area contributed by atoms with Crippen LogP contribution in [0.4, 0.5) is 0 Å². The zero-order valence-electron chi connectivity index (χ0n) is 6.67. The Morgan fingerprint density at radius 1 is 1.30 bits per heavy atom. The quantitative estimate of drug-likeness (QED) is 0.580. The molecular weight excluding hydrogens is 128 g/mol. The molecule has 0 aromatic rings. The lowest BCUT2D eigenvalue weighted by Gasteiger charge is -2.19. The number of aliphatic hydroxyl groups is 2. The van der Waals surface area contributed by atoms with Crippen molar-refractivity contribution < 1.29 is 10.2 Å². The third kappa shape index (κ3) is 2.99. The first-order valence-corrected chi connectivity index (χ1v) is 3.69. The van der Waals surface area contributed by atoms with Crippen LogP contribution in [0.3, 0.4) is 0 Å². The van der Waals surface area contributed by atoms with E-state index >= 15 is 0 Å². The van der Waals surface area contributed by atoms with Gasteiger partial charge in [0.25, 0.3) is 0 Å². The molecule has 0 radical (unpaired) electrons. The molecular formula is C8H16O2. The highest BCUT2D eigenvalue weighted by Gasteiger charge is 2.16. The van der Waals surface area contributed by atoms with Gasteiger partial charge in [0.05, 0.1) is 12.2 Å². The lowest BCUT2D eigenvalue weighted by Crippen LogP contribution is -2.22. The Morgan fingerprint density at radius 3 is 2.10 bits per heavy atom. The van der Waals surface area contributed by atoms with E-state index in [-0.39, 0.29) is 6.61 Å². The maximum atomic E-state index is 9.56. The third-order valence-corrected chi connectivity index (χ3v) is 1.76. The van der Waals surface area contributed by atoms with Gasteiger partial charge in [-0.25, -0.2) is 0 Å². The second-order valence-electron chi connectivity index (χ2n) is 2.40. The second-order valence-corrected chi connectivity index (χ2v) is 2.40. The van der Waals surface area contributed by atoms with Gasteiger partial charge in [0.15, 0.2) is 0 Å². The van der Waals surface area contributed by atoms with Gasteiger partial charge in [-0.3, -0.25) is 0 Å². The predicted molar refractivity (Wildman–Crippen MR) is 41.8 cm³/mol. The van der Waals surface area contributed by atoms with Gasteiger partial charge in [-0.15, -0.1) is 0 Å². The lowest BCUT2D eigenvalue weighted by molar-refractivity contribution is 0.0821. The second kappa shape index (κ2) is 4.47. The summed E-state index contributed by atoms with van der Waals surface area (Å²) in [5.74, 6) is 0. The molecule has 0 amide bonds. The van der Waals surface area contributed by atoms with Gasteiger partial charge in [-0.1, -0.05) is 26.0 Å². The van der Waals surface area contributed by atoms with Gasteiger partial charge >= 0.3 is 0 Å². The van der Waals surface area contributed by atoms with Gasteiger partial charge in [-0.05, 0) is 12.8 Å². The summed E-state index contributed by atoms with van der Waals surface area (Å²) in [6.07, 6.45) is 4.62. The largest absolute Gasteiger partial charge is 0.392 e. The molecule has 0 fully saturated rings. The molecule has 0 heterocycles. The Labute approximate surface area is 62.2 Å². The molecule has 0 saturated heterocycles. The van der Waals surface area contributed by atoms with Crippen molar-refractivity contribution in [3.8, 4) is 0 Å². The third-order valence-electron chi connectivity index (χ3n) is 1.76. The van der Waals surface area contributed by atoms with Gasteiger partial charge in [0.1, 0.15) is 0 Å². The van der Waals surface area contributed by atoms with Crippen LogP contribution in [0.25, 0.3) is 0 Å². The summed E-state index contributed by atoms with van der Waals surface area (Å²) in [5.41, 5.74) is -0.706. The molecule has 0 unspecified atom stereocenters. The molecule has 0 aliphatic rings. The molecule has 0 spiro atoms. The number of hydrogen-bond donors (Lipinski definition) is 2. The highest BCUT2D eigenvalue weighted by atomic mass is 16.3. The van der Waals surface area contributed by atoms with Gasteiger partial charge in [-0.2, -0.15) is 0 Å². The van der Waals surface area contributed by atoms with Crippen molar-refractivity contribution >= 4 is 0 Å². The molecule has 0 aromatic carbocycles. The van der Waals surface area contributed by atoms with Crippen LogP contribution in [0.15, 0.2) is 12.2 Å². The fraction of sp³-hybridized carbons (Fsp3) is 0.750. The lowest BCUT2D eigenvalue weighted by atomic mass is 9.97. The fourth-order valence-corrected chi connectivity index (χ4v) is 0.758. The van der Waals surface area contributed by atoms with Crippen LogP contribution in [0, 0.1) is 0 Å². The number of aliphatic hydroxyl groups excluding tert-OH is 1.